The van der Waals surface area contributed by atoms with E-state index in [4.69, 9.17) is 4.74 Å². The van der Waals surface area contributed by atoms with Gasteiger partial charge in [-0.1, -0.05) is 0 Å². The zero-order valence-electron chi connectivity index (χ0n) is 12.9. The Balaban J connectivity index is 2.31. The molecular weight excluding hydrogens is 312 g/mol. The minimum Gasteiger partial charge on any atom is -0.493 e. The largest absolute Gasteiger partial charge is 0.493 e. The average Bonchev–Trinajstić information content (AvgIpc) is 2.47. The topological polar surface area (TPSA) is 76.9 Å². The smallest absolute Gasteiger partial charge is 0.387 e. The Kier molecular flexibility index (Phi) is 5.67. The van der Waals surface area contributed by atoms with Crippen LogP contribution >= 0.6 is 0 Å². The van der Waals surface area contributed by atoms with Crippen LogP contribution in [0.1, 0.15) is 12.5 Å². The molecule has 1 saturated heterocycles. The van der Waals surface area contributed by atoms with Gasteiger partial charge in [0.2, 0.25) is 0 Å². The van der Waals surface area contributed by atoms with E-state index in [-0.39, 0.29) is 23.2 Å². The van der Waals surface area contributed by atoms with Gasteiger partial charge in [-0.3, -0.25) is 15.0 Å². The van der Waals surface area contributed by atoms with Crippen molar-refractivity contribution < 1.29 is 23.2 Å². The van der Waals surface area contributed by atoms with E-state index >= 15 is 0 Å². The molecule has 0 bridgehead atoms. The summed E-state index contributed by atoms with van der Waals surface area (Å²) in [5, 5.41) is 14.5. The van der Waals surface area contributed by atoms with Crippen molar-refractivity contribution in [3.05, 3.63) is 27.8 Å². The van der Waals surface area contributed by atoms with Crippen LogP contribution < -0.4 is 14.8 Å². The lowest BCUT2D eigenvalue weighted by Gasteiger charge is -2.31. The summed E-state index contributed by atoms with van der Waals surface area (Å²) in [6.07, 6.45) is 0. The molecule has 0 aliphatic carbocycles. The van der Waals surface area contributed by atoms with Crippen molar-refractivity contribution in [1.29, 1.82) is 0 Å². The van der Waals surface area contributed by atoms with Gasteiger partial charge in [-0.15, -0.1) is 0 Å². The van der Waals surface area contributed by atoms with Gasteiger partial charge < -0.3 is 14.8 Å². The van der Waals surface area contributed by atoms with E-state index < -0.39 is 11.5 Å². The quantitative estimate of drug-likeness (QED) is 0.635. The lowest BCUT2D eigenvalue weighted by molar-refractivity contribution is -0.385. The number of nitrogens with one attached hydrogen (secondary N) is 1. The van der Waals surface area contributed by atoms with E-state index in [1.165, 1.54) is 13.2 Å². The van der Waals surface area contributed by atoms with Crippen molar-refractivity contribution in [3.8, 4) is 11.5 Å². The predicted octanol–water partition coefficient (Wildman–Crippen LogP) is 2.00. The lowest BCUT2D eigenvalue weighted by Crippen LogP contribution is -2.48. The maximum Gasteiger partial charge on any atom is 0.387 e. The third-order valence-corrected chi connectivity index (χ3v) is 3.62. The van der Waals surface area contributed by atoms with Gasteiger partial charge in [0.1, 0.15) is 0 Å². The van der Waals surface area contributed by atoms with Crippen molar-refractivity contribution in [2.24, 2.45) is 0 Å². The SMILES string of the molecule is COc1cc(CN2CCNC(C)C2)c([N+](=O)[O-])cc1OC(F)F. The number of hydrogen-bond donors (Lipinski definition) is 1. The Morgan fingerprint density at radius 3 is 2.78 bits per heavy atom. The van der Waals surface area contributed by atoms with Crippen LogP contribution in [0.2, 0.25) is 0 Å². The molecule has 0 saturated carbocycles. The number of ether oxygens (including phenoxy) is 2. The Morgan fingerprint density at radius 1 is 1.48 bits per heavy atom. The summed E-state index contributed by atoms with van der Waals surface area (Å²) in [5.41, 5.74) is 0.148. The predicted molar refractivity (Wildman–Crippen MR) is 79.0 cm³/mol. The molecular formula is C14H19F2N3O4. The molecule has 1 atom stereocenters. The van der Waals surface area contributed by atoms with Crippen molar-refractivity contribution in [2.45, 2.75) is 26.1 Å². The van der Waals surface area contributed by atoms with E-state index in [2.05, 4.69) is 15.0 Å². The minimum atomic E-state index is -3.08. The molecule has 1 aromatic rings. The Labute approximate surface area is 132 Å². The van der Waals surface area contributed by atoms with Crippen LogP contribution in [0.4, 0.5) is 14.5 Å². The second-order valence-corrected chi connectivity index (χ2v) is 5.36. The van der Waals surface area contributed by atoms with E-state index in [0.29, 0.717) is 12.1 Å². The molecule has 7 nitrogen and oxygen atoms in total. The highest BCUT2D eigenvalue weighted by Crippen LogP contribution is 2.36. The first-order valence-electron chi connectivity index (χ1n) is 7.16. The lowest BCUT2D eigenvalue weighted by atomic mass is 10.1. The molecule has 0 radical (unpaired) electrons. The third-order valence-electron chi connectivity index (χ3n) is 3.62. The third kappa shape index (κ3) is 4.49. The summed E-state index contributed by atoms with van der Waals surface area (Å²) in [7, 11) is 1.30. The number of benzene rings is 1. The van der Waals surface area contributed by atoms with Gasteiger partial charge in [-0.05, 0) is 13.0 Å². The van der Waals surface area contributed by atoms with Crippen LogP contribution in [0.5, 0.6) is 11.5 Å². The number of methoxy groups -OCH3 is 1. The highest BCUT2D eigenvalue weighted by Gasteiger charge is 2.24. The van der Waals surface area contributed by atoms with E-state index in [9.17, 15) is 18.9 Å². The number of nitrogens with zero attached hydrogens (tertiary/aromatic N) is 2. The van der Waals surface area contributed by atoms with Crippen LogP contribution in [-0.2, 0) is 6.54 Å². The van der Waals surface area contributed by atoms with Crippen LogP contribution in [-0.4, -0.2) is 49.2 Å². The summed E-state index contributed by atoms with van der Waals surface area (Å²) in [6, 6.07) is 2.67. The Morgan fingerprint density at radius 2 is 2.22 bits per heavy atom. The molecule has 1 unspecified atom stereocenters. The molecule has 1 fully saturated rings. The maximum absolute atomic E-state index is 12.4. The number of hydrogen-bond acceptors (Lipinski definition) is 6. The fraction of sp³-hybridized carbons (Fsp3) is 0.571. The van der Waals surface area contributed by atoms with Gasteiger partial charge >= 0.3 is 6.61 Å². The van der Waals surface area contributed by atoms with Gasteiger partial charge in [0.25, 0.3) is 5.69 Å². The van der Waals surface area contributed by atoms with Gasteiger partial charge in [-0.2, -0.15) is 8.78 Å². The van der Waals surface area contributed by atoms with Crippen molar-refractivity contribution >= 4 is 5.69 Å². The molecule has 1 heterocycles. The second kappa shape index (κ2) is 7.51. The first-order chi connectivity index (χ1) is 10.9. The summed E-state index contributed by atoms with van der Waals surface area (Å²) in [5.74, 6) is -0.291. The number of halogens is 2. The number of piperazine rings is 1. The molecule has 9 heteroatoms. The minimum absolute atomic E-state index is 0.0501. The molecule has 1 N–H and O–H groups in total. The first kappa shape index (κ1) is 17.4. The molecule has 0 amide bonds. The molecule has 1 aliphatic heterocycles. The number of nitro benzene ring substituents is 1. The van der Waals surface area contributed by atoms with Crippen molar-refractivity contribution in [1.82, 2.24) is 10.2 Å². The second-order valence-electron chi connectivity index (χ2n) is 5.36. The molecule has 2 rings (SSSR count). The Bertz CT molecular complexity index is 571. The zero-order chi connectivity index (χ0) is 17.0. The van der Waals surface area contributed by atoms with E-state index in [1.54, 1.807) is 0 Å². The molecule has 1 aromatic carbocycles. The molecule has 1 aliphatic rings. The van der Waals surface area contributed by atoms with Crippen LogP contribution in [0.15, 0.2) is 12.1 Å². The van der Waals surface area contributed by atoms with Crippen molar-refractivity contribution in [2.75, 3.05) is 26.7 Å². The molecule has 23 heavy (non-hydrogen) atoms. The van der Waals surface area contributed by atoms with E-state index in [1.807, 2.05) is 6.92 Å². The molecule has 128 valence electrons. The number of nitro groups is 1. The summed E-state index contributed by atoms with van der Waals surface area (Å²) < 4.78 is 34.2. The summed E-state index contributed by atoms with van der Waals surface area (Å²) in [4.78, 5) is 12.7. The van der Waals surface area contributed by atoms with Gasteiger partial charge in [0, 0.05) is 37.8 Å². The van der Waals surface area contributed by atoms with Crippen molar-refractivity contribution in [3.63, 3.8) is 0 Å². The highest BCUT2D eigenvalue weighted by atomic mass is 19.3. The summed E-state index contributed by atoms with van der Waals surface area (Å²) in [6.45, 7) is 1.57. The highest BCUT2D eigenvalue weighted by molar-refractivity contribution is 5.54. The monoisotopic (exact) mass is 331 g/mol. The molecule has 0 aromatic heterocycles. The van der Waals surface area contributed by atoms with Gasteiger partial charge in [-0.25, -0.2) is 0 Å². The number of rotatable bonds is 6. The molecule has 0 spiro atoms. The van der Waals surface area contributed by atoms with Crippen LogP contribution in [0.25, 0.3) is 0 Å². The standard InChI is InChI=1S/C14H19F2N3O4/c1-9-7-18(4-3-17-9)8-10-5-12(22-2)13(23-14(15)16)6-11(10)19(20)21/h5-6,9,14,17H,3-4,7-8H2,1-2H3. The Hall–Kier alpha value is -2.00. The van der Waals surface area contributed by atoms with Gasteiger partial charge in [0.05, 0.1) is 18.1 Å². The van der Waals surface area contributed by atoms with E-state index in [0.717, 1.165) is 25.7 Å². The first-order valence-corrected chi connectivity index (χ1v) is 7.16. The summed E-state index contributed by atoms with van der Waals surface area (Å²) >= 11 is 0. The fourth-order valence-corrected chi connectivity index (χ4v) is 2.63. The normalized spacial score (nSPS) is 18.9. The van der Waals surface area contributed by atoms with Crippen LogP contribution in [0.3, 0.4) is 0 Å². The average molecular weight is 331 g/mol. The van der Waals surface area contributed by atoms with Crippen LogP contribution in [0, 0.1) is 10.1 Å². The zero-order valence-corrected chi connectivity index (χ0v) is 12.9. The maximum atomic E-state index is 12.4. The number of alkyl halides is 2. The van der Waals surface area contributed by atoms with Gasteiger partial charge in [0.15, 0.2) is 11.5 Å². The fourth-order valence-electron chi connectivity index (χ4n) is 2.63.